The largest absolute Gasteiger partial charge is 0.506 e. The Labute approximate surface area is 109 Å². The number of aliphatic hydroxyl groups excluding tert-OH is 1. The molecule has 0 bridgehead atoms. The Morgan fingerprint density at radius 1 is 1.47 bits per heavy atom. The van der Waals surface area contributed by atoms with Crippen LogP contribution in [0.1, 0.15) is 20.3 Å². The first-order valence-electron chi connectivity index (χ1n) is 5.36. The highest BCUT2D eigenvalue weighted by Gasteiger charge is 2.15. The van der Waals surface area contributed by atoms with Gasteiger partial charge in [-0.3, -0.25) is 4.79 Å². The van der Waals surface area contributed by atoms with E-state index in [0.29, 0.717) is 5.69 Å². The molecule has 0 heterocycles. The van der Waals surface area contributed by atoms with Crippen LogP contribution in [0.2, 0.25) is 0 Å². The van der Waals surface area contributed by atoms with Crippen LogP contribution in [-0.2, 0) is 4.79 Å². The van der Waals surface area contributed by atoms with Crippen molar-refractivity contribution in [1.29, 1.82) is 0 Å². The van der Waals surface area contributed by atoms with Gasteiger partial charge in [0.2, 0.25) is 5.91 Å². The second kappa shape index (κ2) is 6.02. The van der Waals surface area contributed by atoms with Gasteiger partial charge in [0, 0.05) is 4.47 Å². The molecule has 1 rings (SSSR count). The maximum Gasteiger partial charge on any atom is 0.227 e. The van der Waals surface area contributed by atoms with Crippen LogP contribution in [0.3, 0.4) is 0 Å². The number of carbonyl (C=O) groups excluding carboxylic acids is 1. The topological polar surface area (TPSA) is 69.6 Å². The van der Waals surface area contributed by atoms with Gasteiger partial charge in [0.1, 0.15) is 5.75 Å². The highest BCUT2D eigenvalue weighted by molar-refractivity contribution is 9.10. The quantitative estimate of drug-likeness (QED) is 0.748. The van der Waals surface area contributed by atoms with E-state index in [9.17, 15) is 15.0 Å². The Balaban J connectivity index is 2.65. The van der Waals surface area contributed by atoms with Gasteiger partial charge in [0.25, 0.3) is 0 Å². The van der Waals surface area contributed by atoms with Crippen molar-refractivity contribution in [1.82, 2.24) is 0 Å². The standard InChI is InChI=1S/C12H16BrNO3/c1-7(2)11(16)6-12(17)14-9-5-8(13)3-4-10(9)15/h3-5,7,11,15-16H,6H2,1-2H3,(H,14,17)/t11-/m0/s1. The van der Waals surface area contributed by atoms with Crippen LogP contribution >= 0.6 is 15.9 Å². The van der Waals surface area contributed by atoms with Gasteiger partial charge in [-0.1, -0.05) is 29.8 Å². The molecule has 0 aliphatic carbocycles. The Kier molecular flexibility index (Phi) is 4.96. The zero-order valence-corrected chi connectivity index (χ0v) is 11.4. The summed E-state index contributed by atoms with van der Waals surface area (Å²) in [5, 5.41) is 21.7. The van der Waals surface area contributed by atoms with Crippen molar-refractivity contribution in [2.24, 2.45) is 5.92 Å². The van der Waals surface area contributed by atoms with E-state index in [1.807, 2.05) is 13.8 Å². The van der Waals surface area contributed by atoms with Gasteiger partial charge in [-0.25, -0.2) is 0 Å². The molecule has 0 radical (unpaired) electrons. The Morgan fingerprint density at radius 3 is 2.71 bits per heavy atom. The number of aromatic hydroxyl groups is 1. The lowest BCUT2D eigenvalue weighted by Gasteiger charge is -2.14. The van der Waals surface area contributed by atoms with E-state index in [2.05, 4.69) is 21.2 Å². The number of amides is 1. The minimum atomic E-state index is -0.677. The number of nitrogens with one attached hydrogen (secondary N) is 1. The number of phenolic OH excluding ortho intramolecular Hbond substituents is 1. The number of hydrogen-bond acceptors (Lipinski definition) is 3. The average molecular weight is 302 g/mol. The molecule has 3 N–H and O–H groups in total. The molecule has 1 aromatic carbocycles. The van der Waals surface area contributed by atoms with Crippen molar-refractivity contribution in [3.8, 4) is 5.75 Å². The lowest BCUT2D eigenvalue weighted by atomic mass is 10.0. The third kappa shape index (κ3) is 4.36. The molecule has 0 spiro atoms. The van der Waals surface area contributed by atoms with Crippen LogP contribution in [0.25, 0.3) is 0 Å². The molecule has 0 aliphatic rings. The fourth-order valence-corrected chi connectivity index (χ4v) is 1.60. The first-order valence-corrected chi connectivity index (χ1v) is 6.16. The van der Waals surface area contributed by atoms with Gasteiger partial charge < -0.3 is 15.5 Å². The van der Waals surface area contributed by atoms with E-state index < -0.39 is 6.10 Å². The summed E-state index contributed by atoms with van der Waals surface area (Å²) in [6, 6.07) is 4.77. The lowest BCUT2D eigenvalue weighted by molar-refractivity contribution is -0.118. The molecule has 0 fully saturated rings. The molecule has 5 heteroatoms. The Bertz CT molecular complexity index is 407. The van der Waals surface area contributed by atoms with Crippen molar-refractivity contribution in [2.75, 3.05) is 5.32 Å². The fourth-order valence-electron chi connectivity index (χ4n) is 1.24. The van der Waals surface area contributed by atoms with Gasteiger partial charge in [-0.15, -0.1) is 0 Å². The second-order valence-corrected chi connectivity index (χ2v) is 5.14. The third-order valence-corrected chi connectivity index (χ3v) is 2.89. The van der Waals surface area contributed by atoms with Crippen LogP contribution in [0.5, 0.6) is 5.75 Å². The van der Waals surface area contributed by atoms with Crippen LogP contribution in [0.15, 0.2) is 22.7 Å². The second-order valence-electron chi connectivity index (χ2n) is 4.23. The van der Waals surface area contributed by atoms with E-state index in [1.165, 1.54) is 6.07 Å². The van der Waals surface area contributed by atoms with Gasteiger partial charge in [0.15, 0.2) is 0 Å². The molecular formula is C12H16BrNO3. The van der Waals surface area contributed by atoms with E-state index in [0.717, 1.165) is 4.47 Å². The number of phenols is 1. The highest BCUT2D eigenvalue weighted by Crippen LogP contribution is 2.27. The molecule has 0 aromatic heterocycles. The smallest absolute Gasteiger partial charge is 0.227 e. The molecular weight excluding hydrogens is 286 g/mol. The molecule has 0 aliphatic heterocycles. The van der Waals surface area contributed by atoms with E-state index in [4.69, 9.17) is 0 Å². The molecule has 0 unspecified atom stereocenters. The molecule has 17 heavy (non-hydrogen) atoms. The van der Waals surface area contributed by atoms with Crippen LogP contribution in [0.4, 0.5) is 5.69 Å². The summed E-state index contributed by atoms with van der Waals surface area (Å²) in [4.78, 5) is 11.6. The maximum atomic E-state index is 11.6. The zero-order chi connectivity index (χ0) is 13.0. The minimum Gasteiger partial charge on any atom is -0.506 e. The number of aliphatic hydroxyl groups is 1. The maximum absolute atomic E-state index is 11.6. The predicted molar refractivity (Wildman–Crippen MR) is 69.9 cm³/mol. The molecule has 1 atom stereocenters. The number of rotatable bonds is 4. The fraction of sp³-hybridized carbons (Fsp3) is 0.417. The van der Waals surface area contributed by atoms with Crippen molar-refractivity contribution >= 4 is 27.5 Å². The lowest BCUT2D eigenvalue weighted by Crippen LogP contribution is -2.23. The van der Waals surface area contributed by atoms with Gasteiger partial charge in [-0.2, -0.15) is 0 Å². The van der Waals surface area contributed by atoms with Gasteiger partial charge in [0.05, 0.1) is 18.2 Å². The molecule has 1 aromatic rings. The molecule has 1 amide bonds. The van der Waals surface area contributed by atoms with Crippen molar-refractivity contribution in [3.63, 3.8) is 0 Å². The molecule has 0 saturated carbocycles. The SMILES string of the molecule is CC(C)[C@@H](O)CC(=O)Nc1cc(Br)ccc1O. The molecule has 0 saturated heterocycles. The minimum absolute atomic E-state index is 0.000543. The summed E-state index contributed by atoms with van der Waals surface area (Å²) >= 11 is 3.25. The van der Waals surface area contributed by atoms with E-state index in [1.54, 1.807) is 12.1 Å². The number of benzene rings is 1. The predicted octanol–water partition coefficient (Wildman–Crippen LogP) is 2.50. The first-order chi connectivity index (χ1) is 7.90. The monoisotopic (exact) mass is 301 g/mol. The summed E-state index contributed by atoms with van der Waals surface area (Å²) in [6.07, 6.45) is -0.659. The summed E-state index contributed by atoms with van der Waals surface area (Å²) in [6.45, 7) is 3.68. The number of hydrogen-bond donors (Lipinski definition) is 3. The van der Waals surface area contributed by atoms with Gasteiger partial charge >= 0.3 is 0 Å². The average Bonchev–Trinajstić information content (AvgIpc) is 2.23. The van der Waals surface area contributed by atoms with Crippen LogP contribution in [-0.4, -0.2) is 22.2 Å². The van der Waals surface area contributed by atoms with Crippen molar-refractivity contribution in [2.45, 2.75) is 26.4 Å². The zero-order valence-electron chi connectivity index (χ0n) is 9.77. The van der Waals surface area contributed by atoms with E-state index in [-0.39, 0.29) is 24.0 Å². The third-order valence-electron chi connectivity index (χ3n) is 2.40. The van der Waals surface area contributed by atoms with Gasteiger partial charge in [-0.05, 0) is 24.1 Å². The summed E-state index contributed by atoms with van der Waals surface area (Å²) in [5.41, 5.74) is 0.334. The first kappa shape index (κ1) is 14.0. The van der Waals surface area contributed by atoms with E-state index >= 15 is 0 Å². The number of carbonyl (C=O) groups is 1. The Hall–Kier alpha value is -1.07. The Morgan fingerprint density at radius 2 is 2.12 bits per heavy atom. The normalized spacial score (nSPS) is 12.5. The van der Waals surface area contributed by atoms with Crippen molar-refractivity contribution in [3.05, 3.63) is 22.7 Å². The summed E-state index contributed by atoms with van der Waals surface area (Å²) in [5.74, 6) is -0.294. The number of halogens is 1. The van der Waals surface area contributed by atoms with Crippen LogP contribution < -0.4 is 5.32 Å². The van der Waals surface area contributed by atoms with Crippen LogP contribution in [0, 0.1) is 5.92 Å². The molecule has 4 nitrogen and oxygen atoms in total. The summed E-state index contributed by atoms with van der Waals surface area (Å²) < 4.78 is 0.759. The highest BCUT2D eigenvalue weighted by atomic mass is 79.9. The summed E-state index contributed by atoms with van der Waals surface area (Å²) in [7, 11) is 0. The molecule has 94 valence electrons. The van der Waals surface area contributed by atoms with Crippen molar-refractivity contribution < 1.29 is 15.0 Å². The number of anilines is 1.